The highest BCUT2D eigenvalue weighted by Crippen LogP contribution is 2.30. The lowest BCUT2D eigenvalue weighted by atomic mass is 10.2. The van der Waals surface area contributed by atoms with E-state index < -0.39 is 0 Å². The third-order valence-electron chi connectivity index (χ3n) is 2.73. The van der Waals surface area contributed by atoms with Crippen molar-refractivity contribution >= 4 is 5.69 Å². The summed E-state index contributed by atoms with van der Waals surface area (Å²) in [6, 6.07) is 9.70. The first kappa shape index (κ1) is 13.3. The molecule has 19 heavy (non-hydrogen) atoms. The van der Waals surface area contributed by atoms with Crippen LogP contribution in [0.25, 0.3) is 0 Å². The van der Waals surface area contributed by atoms with E-state index in [1.165, 1.54) is 0 Å². The standard InChI is InChI=1S/C15H19NO3/c1-4-18-15-9-12(6-8-14(15)17-3)16-10-13-7-5-11(2)19-13/h5-9,16H,4,10H2,1-3H3. The molecule has 0 radical (unpaired) electrons. The number of hydrogen-bond acceptors (Lipinski definition) is 4. The Morgan fingerprint density at radius 1 is 1.16 bits per heavy atom. The Balaban J connectivity index is 2.05. The van der Waals surface area contributed by atoms with E-state index in [9.17, 15) is 0 Å². The van der Waals surface area contributed by atoms with Crippen LogP contribution in [-0.2, 0) is 6.54 Å². The number of aryl methyl sites for hydroxylation is 1. The number of methoxy groups -OCH3 is 1. The summed E-state index contributed by atoms with van der Waals surface area (Å²) in [4.78, 5) is 0. The van der Waals surface area contributed by atoms with Crippen LogP contribution in [-0.4, -0.2) is 13.7 Å². The summed E-state index contributed by atoms with van der Waals surface area (Å²) in [6.07, 6.45) is 0. The zero-order valence-corrected chi connectivity index (χ0v) is 11.5. The molecule has 0 spiro atoms. The summed E-state index contributed by atoms with van der Waals surface area (Å²) < 4.78 is 16.3. The van der Waals surface area contributed by atoms with Crippen molar-refractivity contribution in [2.75, 3.05) is 19.0 Å². The Morgan fingerprint density at radius 2 is 2.00 bits per heavy atom. The van der Waals surface area contributed by atoms with Crippen molar-refractivity contribution in [3.63, 3.8) is 0 Å². The second kappa shape index (κ2) is 6.18. The fraction of sp³-hybridized carbons (Fsp3) is 0.333. The Labute approximate surface area is 113 Å². The lowest BCUT2D eigenvalue weighted by Crippen LogP contribution is -2.00. The molecular weight excluding hydrogens is 242 g/mol. The minimum Gasteiger partial charge on any atom is -0.493 e. The van der Waals surface area contributed by atoms with E-state index in [2.05, 4.69) is 5.32 Å². The summed E-state index contributed by atoms with van der Waals surface area (Å²) >= 11 is 0. The summed E-state index contributed by atoms with van der Waals surface area (Å²) in [7, 11) is 1.64. The van der Waals surface area contributed by atoms with E-state index >= 15 is 0 Å². The quantitative estimate of drug-likeness (QED) is 0.862. The van der Waals surface area contributed by atoms with Gasteiger partial charge in [-0.3, -0.25) is 0 Å². The number of benzene rings is 1. The Hall–Kier alpha value is -2.10. The number of hydrogen-bond donors (Lipinski definition) is 1. The monoisotopic (exact) mass is 261 g/mol. The van der Waals surface area contributed by atoms with Crippen molar-refractivity contribution in [1.82, 2.24) is 0 Å². The average Bonchev–Trinajstić information content (AvgIpc) is 2.83. The van der Waals surface area contributed by atoms with Crippen molar-refractivity contribution in [2.24, 2.45) is 0 Å². The number of nitrogens with one attached hydrogen (secondary N) is 1. The fourth-order valence-corrected chi connectivity index (χ4v) is 1.82. The SMILES string of the molecule is CCOc1cc(NCc2ccc(C)o2)ccc1OC. The molecule has 1 heterocycles. The van der Waals surface area contributed by atoms with Crippen LogP contribution in [0.5, 0.6) is 11.5 Å². The number of ether oxygens (including phenoxy) is 2. The molecule has 0 aliphatic carbocycles. The van der Waals surface area contributed by atoms with Crippen molar-refractivity contribution < 1.29 is 13.9 Å². The van der Waals surface area contributed by atoms with Crippen LogP contribution in [0, 0.1) is 6.92 Å². The number of anilines is 1. The Morgan fingerprint density at radius 3 is 2.63 bits per heavy atom. The summed E-state index contributed by atoms with van der Waals surface area (Å²) in [5.74, 6) is 3.31. The van der Waals surface area contributed by atoms with Gasteiger partial charge >= 0.3 is 0 Å². The minimum absolute atomic E-state index is 0.608. The lowest BCUT2D eigenvalue weighted by molar-refractivity contribution is 0.311. The third kappa shape index (κ3) is 3.44. The fourth-order valence-electron chi connectivity index (χ4n) is 1.82. The van der Waals surface area contributed by atoms with Crippen molar-refractivity contribution in [3.8, 4) is 11.5 Å². The molecule has 4 nitrogen and oxygen atoms in total. The molecule has 0 aliphatic rings. The van der Waals surface area contributed by atoms with Crippen LogP contribution in [0.1, 0.15) is 18.4 Å². The smallest absolute Gasteiger partial charge is 0.163 e. The van der Waals surface area contributed by atoms with Gasteiger partial charge in [-0.15, -0.1) is 0 Å². The average molecular weight is 261 g/mol. The van der Waals surface area contributed by atoms with E-state index in [4.69, 9.17) is 13.9 Å². The summed E-state index contributed by atoms with van der Waals surface area (Å²) in [5.41, 5.74) is 0.971. The molecule has 2 rings (SSSR count). The molecule has 0 saturated carbocycles. The molecule has 1 aromatic carbocycles. The molecule has 0 atom stereocenters. The molecule has 0 amide bonds. The molecule has 2 aromatic rings. The molecule has 0 saturated heterocycles. The van der Waals surface area contributed by atoms with Gasteiger partial charge < -0.3 is 19.2 Å². The van der Waals surface area contributed by atoms with E-state index in [1.54, 1.807) is 7.11 Å². The molecule has 0 aliphatic heterocycles. The maximum absolute atomic E-state index is 5.54. The summed E-state index contributed by atoms with van der Waals surface area (Å²) in [5, 5.41) is 3.30. The highest BCUT2D eigenvalue weighted by Gasteiger charge is 2.05. The maximum atomic E-state index is 5.54. The van der Waals surface area contributed by atoms with Gasteiger partial charge in [-0.1, -0.05) is 0 Å². The Kier molecular flexibility index (Phi) is 4.34. The molecule has 0 fully saturated rings. The molecule has 0 unspecified atom stereocenters. The second-order valence-electron chi connectivity index (χ2n) is 4.16. The van der Waals surface area contributed by atoms with Crippen LogP contribution >= 0.6 is 0 Å². The highest BCUT2D eigenvalue weighted by molar-refractivity contribution is 5.54. The van der Waals surface area contributed by atoms with Crippen molar-refractivity contribution in [2.45, 2.75) is 20.4 Å². The molecule has 1 aromatic heterocycles. The predicted molar refractivity (Wildman–Crippen MR) is 74.9 cm³/mol. The molecular formula is C15H19NO3. The van der Waals surface area contributed by atoms with Gasteiger partial charge in [0.15, 0.2) is 11.5 Å². The second-order valence-corrected chi connectivity index (χ2v) is 4.16. The van der Waals surface area contributed by atoms with Crippen LogP contribution in [0.2, 0.25) is 0 Å². The van der Waals surface area contributed by atoms with Crippen LogP contribution in [0.15, 0.2) is 34.7 Å². The number of rotatable bonds is 6. The lowest BCUT2D eigenvalue weighted by Gasteiger charge is -2.11. The molecule has 4 heteroatoms. The van der Waals surface area contributed by atoms with Crippen LogP contribution in [0.4, 0.5) is 5.69 Å². The highest BCUT2D eigenvalue weighted by atomic mass is 16.5. The zero-order chi connectivity index (χ0) is 13.7. The van der Waals surface area contributed by atoms with Gasteiger partial charge in [-0.25, -0.2) is 0 Å². The normalized spacial score (nSPS) is 10.3. The van der Waals surface area contributed by atoms with Crippen LogP contribution in [0.3, 0.4) is 0 Å². The first-order chi connectivity index (χ1) is 9.22. The predicted octanol–water partition coefficient (Wildman–Crippen LogP) is 3.61. The van der Waals surface area contributed by atoms with Crippen LogP contribution < -0.4 is 14.8 Å². The van der Waals surface area contributed by atoms with E-state index in [1.807, 2.05) is 44.2 Å². The van der Waals surface area contributed by atoms with E-state index in [0.717, 1.165) is 28.7 Å². The van der Waals surface area contributed by atoms with Gasteiger partial charge in [-0.2, -0.15) is 0 Å². The minimum atomic E-state index is 0.608. The number of furan rings is 1. The van der Waals surface area contributed by atoms with E-state index in [0.29, 0.717) is 13.2 Å². The summed E-state index contributed by atoms with van der Waals surface area (Å²) in [6.45, 7) is 5.14. The van der Waals surface area contributed by atoms with E-state index in [-0.39, 0.29) is 0 Å². The molecule has 102 valence electrons. The van der Waals surface area contributed by atoms with Crippen molar-refractivity contribution in [3.05, 3.63) is 41.9 Å². The Bertz CT molecular complexity index is 534. The van der Waals surface area contributed by atoms with Gasteiger partial charge in [0.2, 0.25) is 0 Å². The van der Waals surface area contributed by atoms with Gasteiger partial charge in [-0.05, 0) is 38.1 Å². The van der Waals surface area contributed by atoms with Gasteiger partial charge in [0.1, 0.15) is 11.5 Å². The molecule has 1 N–H and O–H groups in total. The third-order valence-corrected chi connectivity index (χ3v) is 2.73. The largest absolute Gasteiger partial charge is 0.493 e. The van der Waals surface area contributed by atoms with Gasteiger partial charge in [0.05, 0.1) is 20.3 Å². The molecule has 0 bridgehead atoms. The zero-order valence-electron chi connectivity index (χ0n) is 11.5. The van der Waals surface area contributed by atoms with Gasteiger partial charge in [0.25, 0.3) is 0 Å². The van der Waals surface area contributed by atoms with Crippen molar-refractivity contribution in [1.29, 1.82) is 0 Å². The van der Waals surface area contributed by atoms with Gasteiger partial charge in [0, 0.05) is 11.8 Å². The maximum Gasteiger partial charge on any atom is 0.163 e. The topological polar surface area (TPSA) is 43.6 Å². The first-order valence-corrected chi connectivity index (χ1v) is 6.33. The first-order valence-electron chi connectivity index (χ1n) is 6.33.